The van der Waals surface area contributed by atoms with Crippen molar-refractivity contribution in [3.05, 3.63) is 44.8 Å². The molecule has 0 amide bonds. The summed E-state index contributed by atoms with van der Waals surface area (Å²) in [5.74, 6) is 0.953. The molecule has 0 saturated heterocycles. The summed E-state index contributed by atoms with van der Waals surface area (Å²) in [5, 5.41) is 6.60. The maximum absolute atomic E-state index is 5.79. The number of thiazole rings is 1. The molecule has 1 N–H and O–H groups in total. The molecule has 0 bridgehead atoms. The number of benzene rings is 1. The molecule has 1 unspecified atom stereocenters. The van der Waals surface area contributed by atoms with Crippen molar-refractivity contribution in [1.82, 2.24) is 10.3 Å². The summed E-state index contributed by atoms with van der Waals surface area (Å²) in [4.78, 5) is 4.33. The van der Waals surface area contributed by atoms with Gasteiger partial charge in [0.2, 0.25) is 0 Å². The lowest BCUT2D eigenvalue weighted by Crippen LogP contribution is -2.18. The number of hydrogen-bond donors (Lipinski definition) is 1. The molecule has 0 aliphatic rings. The molecule has 0 aliphatic carbocycles. The van der Waals surface area contributed by atoms with Crippen molar-refractivity contribution >= 4 is 27.3 Å². The molecule has 0 saturated carbocycles. The van der Waals surface area contributed by atoms with E-state index in [0.29, 0.717) is 0 Å². The second-order valence-corrected chi connectivity index (χ2v) is 6.42. The van der Waals surface area contributed by atoms with Crippen LogP contribution in [0, 0.1) is 0 Å². The molecule has 5 heteroatoms. The van der Waals surface area contributed by atoms with Crippen molar-refractivity contribution in [1.29, 1.82) is 0 Å². The Morgan fingerprint density at radius 3 is 3.00 bits per heavy atom. The summed E-state index contributed by atoms with van der Waals surface area (Å²) < 4.78 is 6.86. The van der Waals surface area contributed by atoms with Crippen LogP contribution < -0.4 is 10.1 Å². The second-order valence-electron chi connectivity index (χ2n) is 4.57. The summed E-state index contributed by atoms with van der Waals surface area (Å²) >= 11 is 5.19. The number of halogens is 1. The number of nitrogens with zero attached hydrogens (tertiary/aromatic N) is 1. The molecule has 1 heterocycles. The molecule has 2 rings (SSSR count). The summed E-state index contributed by atoms with van der Waals surface area (Å²) in [7, 11) is 0. The standard InChI is InChI=1S/C15H19BrN2OS/c1-3-7-19-14-5-4-13(16)9-12(14)10-18-11(2)15-17-6-8-20-15/h4-6,8-9,11,18H,3,7,10H2,1-2H3. The summed E-state index contributed by atoms with van der Waals surface area (Å²) in [6, 6.07) is 6.38. The van der Waals surface area contributed by atoms with Crippen LogP contribution in [0.25, 0.3) is 0 Å². The largest absolute Gasteiger partial charge is 0.493 e. The third-order valence-electron chi connectivity index (χ3n) is 2.90. The Balaban J connectivity index is 2.02. The Kier molecular flexibility index (Phi) is 6.01. The highest BCUT2D eigenvalue weighted by Crippen LogP contribution is 2.24. The average molecular weight is 355 g/mol. The van der Waals surface area contributed by atoms with Crippen molar-refractivity contribution < 1.29 is 4.74 Å². The van der Waals surface area contributed by atoms with E-state index < -0.39 is 0 Å². The Labute approximate surface area is 132 Å². The lowest BCUT2D eigenvalue weighted by Gasteiger charge is -2.15. The molecule has 1 atom stereocenters. The lowest BCUT2D eigenvalue weighted by atomic mass is 10.2. The molecule has 108 valence electrons. The van der Waals surface area contributed by atoms with Crippen LogP contribution in [0.15, 0.2) is 34.2 Å². The van der Waals surface area contributed by atoms with Gasteiger partial charge in [-0.1, -0.05) is 22.9 Å². The van der Waals surface area contributed by atoms with E-state index >= 15 is 0 Å². The second kappa shape index (κ2) is 7.76. The lowest BCUT2D eigenvalue weighted by molar-refractivity contribution is 0.312. The van der Waals surface area contributed by atoms with Crippen LogP contribution in [-0.2, 0) is 6.54 Å². The van der Waals surface area contributed by atoms with Crippen molar-refractivity contribution in [3.8, 4) is 5.75 Å². The first-order valence-corrected chi connectivity index (χ1v) is 8.42. The van der Waals surface area contributed by atoms with Gasteiger partial charge in [-0.25, -0.2) is 4.98 Å². The topological polar surface area (TPSA) is 34.1 Å². The van der Waals surface area contributed by atoms with E-state index in [1.54, 1.807) is 11.3 Å². The van der Waals surface area contributed by atoms with Crippen molar-refractivity contribution in [3.63, 3.8) is 0 Å². The monoisotopic (exact) mass is 354 g/mol. The minimum absolute atomic E-state index is 0.244. The van der Waals surface area contributed by atoms with Crippen LogP contribution >= 0.6 is 27.3 Å². The molecule has 1 aromatic heterocycles. The normalized spacial score (nSPS) is 12.3. The molecular weight excluding hydrogens is 336 g/mol. The van der Waals surface area contributed by atoms with Gasteiger partial charge >= 0.3 is 0 Å². The highest BCUT2D eigenvalue weighted by molar-refractivity contribution is 9.10. The molecule has 2 aromatic rings. The van der Waals surface area contributed by atoms with Crippen molar-refractivity contribution in [2.45, 2.75) is 32.9 Å². The Morgan fingerprint density at radius 2 is 2.30 bits per heavy atom. The summed E-state index contributed by atoms with van der Waals surface area (Å²) in [6.45, 7) is 5.75. The van der Waals surface area contributed by atoms with E-state index in [4.69, 9.17) is 4.74 Å². The zero-order valence-corrected chi connectivity index (χ0v) is 14.1. The molecule has 1 aromatic carbocycles. The minimum Gasteiger partial charge on any atom is -0.493 e. The SMILES string of the molecule is CCCOc1ccc(Br)cc1CNC(C)c1nccs1. The van der Waals surface area contributed by atoms with Crippen LogP contribution in [0.4, 0.5) is 0 Å². The maximum Gasteiger partial charge on any atom is 0.123 e. The first-order valence-electron chi connectivity index (χ1n) is 6.74. The van der Waals surface area contributed by atoms with Crippen LogP contribution in [0.5, 0.6) is 5.75 Å². The molecular formula is C15H19BrN2OS. The van der Waals surface area contributed by atoms with Gasteiger partial charge in [0.05, 0.1) is 12.6 Å². The predicted octanol–water partition coefficient (Wildman–Crippen LogP) is 4.55. The molecule has 20 heavy (non-hydrogen) atoms. The highest BCUT2D eigenvalue weighted by Gasteiger charge is 2.10. The fraction of sp³-hybridized carbons (Fsp3) is 0.400. The number of hydrogen-bond acceptors (Lipinski definition) is 4. The van der Waals surface area contributed by atoms with Crippen LogP contribution in [0.1, 0.15) is 36.9 Å². The van der Waals surface area contributed by atoms with Crippen LogP contribution in [0.2, 0.25) is 0 Å². The maximum atomic E-state index is 5.79. The van der Waals surface area contributed by atoms with Gasteiger partial charge in [0.25, 0.3) is 0 Å². The number of nitrogens with one attached hydrogen (secondary N) is 1. The van der Waals surface area contributed by atoms with Gasteiger partial charge in [-0.05, 0) is 31.5 Å². The van der Waals surface area contributed by atoms with Gasteiger partial charge in [0.1, 0.15) is 10.8 Å². The fourth-order valence-electron chi connectivity index (χ4n) is 1.84. The quantitative estimate of drug-likeness (QED) is 0.792. The van der Waals surface area contributed by atoms with E-state index in [-0.39, 0.29) is 6.04 Å². The fourth-order valence-corrected chi connectivity index (χ4v) is 2.92. The van der Waals surface area contributed by atoms with E-state index in [0.717, 1.165) is 40.4 Å². The van der Waals surface area contributed by atoms with Gasteiger partial charge in [-0.2, -0.15) is 0 Å². The number of aromatic nitrogens is 1. The third kappa shape index (κ3) is 4.30. The summed E-state index contributed by atoms with van der Waals surface area (Å²) in [6.07, 6.45) is 2.85. The third-order valence-corrected chi connectivity index (χ3v) is 4.36. The first kappa shape index (κ1) is 15.5. The Hall–Kier alpha value is -0.910. The number of rotatable bonds is 7. The predicted molar refractivity (Wildman–Crippen MR) is 87.3 cm³/mol. The van der Waals surface area contributed by atoms with Gasteiger partial charge < -0.3 is 10.1 Å². The highest BCUT2D eigenvalue weighted by atomic mass is 79.9. The molecule has 0 fully saturated rings. The number of ether oxygens (including phenoxy) is 1. The average Bonchev–Trinajstić information content (AvgIpc) is 2.98. The zero-order chi connectivity index (χ0) is 14.4. The Bertz CT molecular complexity index is 531. The van der Waals surface area contributed by atoms with E-state index in [1.807, 2.05) is 23.7 Å². The molecule has 0 radical (unpaired) electrons. The molecule has 0 spiro atoms. The van der Waals surface area contributed by atoms with Crippen LogP contribution in [0.3, 0.4) is 0 Å². The van der Waals surface area contributed by atoms with Gasteiger partial charge in [0.15, 0.2) is 0 Å². The summed E-state index contributed by atoms with van der Waals surface area (Å²) in [5.41, 5.74) is 1.16. The molecule has 3 nitrogen and oxygen atoms in total. The van der Waals surface area contributed by atoms with Gasteiger partial charge in [0, 0.05) is 28.2 Å². The smallest absolute Gasteiger partial charge is 0.123 e. The van der Waals surface area contributed by atoms with E-state index in [9.17, 15) is 0 Å². The Morgan fingerprint density at radius 1 is 1.45 bits per heavy atom. The molecule has 0 aliphatic heterocycles. The van der Waals surface area contributed by atoms with Crippen molar-refractivity contribution in [2.75, 3.05) is 6.61 Å². The minimum atomic E-state index is 0.244. The van der Waals surface area contributed by atoms with Gasteiger partial charge in [-0.3, -0.25) is 0 Å². The van der Waals surface area contributed by atoms with E-state index in [1.165, 1.54) is 0 Å². The van der Waals surface area contributed by atoms with Crippen LogP contribution in [-0.4, -0.2) is 11.6 Å². The zero-order valence-electron chi connectivity index (χ0n) is 11.7. The van der Waals surface area contributed by atoms with E-state index in [2.05, 4.69) is 46.1 Å². The van der Waals surface area contributed by atoms with Gasteiger partial charge in [-0.15, -0.1) is 11.3 Å². The first-order chi connectivity index (χ1) is 9.70. The van der Waals surface area contributed by atoms with Crippen molar-refractivity contribution in [2.24, 2.45) is 0 Å².